The number of hydrogen-bond donors (Lipinski definition) is 0. The minimum absolute atomic E-state index is 0.185. The summed E-state index contributed by atoms with van der Waals surface area (Å²) >= 11 is 3.41. The highest BCUT2D eigenvalue weighted by molar-refractivity contribution is 9.10. The minimum Gasteiger partial charge on any atom is -0.353 e. The molecule has 0 amide bonds. The average Bonchev–Trinajstić information content (AvgIpc) is 2.38. The Labute approximate surface area is 112 Å². The quantitative estimate of drug-likeness (QED) is 0.856. The van der Waals surface area contributed by atoms with Gasteiger partial charge in [0.2, 0.25) is 0 Å². The highest BCUT2D eigenvalue weighted by atomic mass is 79.9. The Balaban J connectivity index is 1.87. The number of benzene rings is 1. The van der Waals surface area contributed by atoms with Gasteiger partial charge in [-0.15, -0.1) is 0 Å². The van der Waals surface area contributed by atoms with Gasteiger partial charge in [0.1, 0.15) is 0 Å². The van der Waals surface area contributed by atoms with Gasteiger partial charge in [0, 0.05) is 16.6 Å². The number of ether oxygens (including phenoxy) is 2. The molecule has 1 aromatic carbocycles. The van der Waals surface area contributed by atoms with E-state index in [0.717, 1.165) is 29.0 Å². The van der Waals surface area contributed by atoms with Crippen molar-refractivity contribution in [2.24, 2.45) is 0 Å². The van der Waals surface area contributed by atoms with Gasteiger partial charge in [0.15, 0.2) is 6.29 Å². The number of rotatable bonds is 4. The molecule has 1 saturated heterocycles. The molecule has 94 valence electrons. The lowest BCUT2D eigenvalue weighted by atomic mass is 10.4. The summed E-state index contributed by atoms with van der Waals surface area (Å²) in [6.45, 7) is 1.48. The molecule has 1 aliphatic heterocycles. The zero-order valence-corrected chi connectivity index (χ0v) is 11.8. The van der Waals surface area contributed by atoms with Crippen LogP contribution in [0.25, 0.3) is 0 Å². The summed E-state index contributed by atoms with van der Waals surface area (Å²) in [4.78, 5) is 0.836. The van der Waals surface area contributed by atoms with Crippen LogP contribution in [0.15, 0.2) is 33.6 Å². The molecule has 0 bridgehead atoms. The van der Waals surface area contributed by atoms with Crippen LogP contribution in [0.4, 0.5) is 0 Å². The lowest BCUT2D eigenvalue weighted by Crippen LogP contribution is -2.26. The predicted octanol–water partition coefficient (Wildman–Crippen LogP) is 2.71. The maximum Gasteiger partial charge on any atom is 0.158 e. The average molecular weight is 319 g/mol. The van der Waals surface area contributed by atoms with E-state index in [1.807, 2.05) is 24.3 Å². The molecular formula is C12H15BrO3S. The van der Waals surface area contributed by atoms with Crippen molar-refractivity contribution in [3.05, 3.63) is 28.7 Å². The van der Waals surface area contributed by atoms with Crippen LogP contribution in [-0.2, 0) is 20.3 Å². The van der Waals surface area contributed by atoms with Gasteiger partial charge in [-0.05, 0) is 34.5 Å². The molecule has 3 nitrogen and oxygen atoms in total. The molecule has 0 aliphatic carbocycles. The predicted molar refractivity (Wildman–Crippen MR) is 70.3 cm³/mol. The zero-order chi connectivity index (χ0) is 12.1. The van der Waals surface area contributed by atoms with Gasteiger partial charge in [-0.3, -0.25) is 4.21 Å². The Bertz CT molecular complexity index is 391. The number of hydrogen-bond acceptors (Lipinski definition) is 3. The van der Waals surface area contributed by atoms with Crippen molar-refractivity contribution >= 4 is 26.7 Å². The Morgan fingerprint density at radius 1 is 1.29 bits per heavy atom. The third-order valence-electron chi connectivity index (χ3n) is 2.52. The second kappa shape index (κ2) is 6.64. The molecule has 1 atom stereocenters. The fourth-order valence-electron chi connectivity index (χ4n) is 1.65. The number of halogens is 1. The van der Waals surface area contributed by atoms with Gasteiger partial charge < -0.3 is 9.47 Å². The van der Waals surface area contributed by atoms with Gasteiger partial charge >= 0.3 is 0 Å². The van der Waals surface area contributed by atoms with E-state index >= 15 is 0 Å². The van der Waals surface area contributed by atoms with Crippen molar-refractivity contribution in [3.8, 4) is 0 Å². The summed E-state index contributed by atoms with van der Waals surface area (Å²) in [5.74, 6) is 0.563. The summed E-state index contributed by atoms with van der Waals surface area (Å²) in [5, 5.41) is 0. The summed E-state index contributed by atoms with van der Waals surface area (Å²) < 4.78 is 23.8. The van der Waals surface area contributed by atoms with Gasteiger partial charge in [0.25, 0.3) is 0 Å². The lowest BCUT2D eigenvalue weighted by molar-refractivity contribution is -0.178. The van der Waals surface area contributed by atoms with Gasteiger partial charge in [-0.1, -0.05) is 12.1 Å². The lowest BCUT2D eigenvalue weighted by Gasteiger charge is -2.22. The molecule has 5 heteroatoms. The highest BCUT2D eigenvalue weighted by Gasteiger charge is 2.16. The molecule has 1 aliphatic rings. The maximum atomic E-state index is 12.1. The van der Waals surface area contributed by atoms with Crippen LogP contribution >= 0.6 is 15.9 Å². The van der Waals surface area contributed by atoms with Crippen LogP contribution in [0.2, 0.25) is 0 Å². The molecule has 0 aromatic heterocycles. The molecule has 0 radical (unpaired) electrons. The fraction of sp³-hybridized carbons (Fsp3) is 0.500. The first-order chi connectivity index (χ1) is 8.27. The van der Waals surface area contributed by atoms with Crippen LogP contribution in [0.1, 0.15) is 12.8 Å². The van der Waals surface area contributed by atoms with Crippen LogP contribution in [0.3, 0.4) is 0 Å². The molecule has 0 saturated carbocycles. The third kappa shape index (κ3) is 3.88. The zero-order valence-electron chi connectivity index (χ0n) is 9.43. The summed E-state index contributed by atoms with van der Waals surface area (Å²) in [6.07, 6.45) is 1.44. The first-order valence-electron chi connectivity index (χ1n) is 5.63. The van der Waals surface area contributed by atoms with Crippen molar-refractivity contribution in [1.29, 1.82) is 0 Å². The second-order valence-corrected chi connectivity index (χ2v) is 6.19. The first kappa shape index (κ1) is 13.2. The molecule has 2 rings (SSSR count). The molecule has 1 aromatic rings. The Morgan fingerprint density at radius 2 is 2.00 bits per heavy atom. The Hall–Kier alpha value is -0.230. The van der Waals surface area contributed by atoms with Gasteiger partial charge in [0.05, 0.1) is 28.9 Å². The standard InChI is InChI=1S/C12H15BrO3S/c13-10-4-1-2-5-11(10)17(14)9-6-12-15-7-3-8-16-12/h1-2,4-5,12H,3,6-9H2. The van der Waals surface area contributed by atoms with Crippen LogP contribution in [0, 0.1) is 0 Å². The van der Waals surface area contributed by atoms with Crippen molar-refractivity contribution in [2.75, 3.05) is 19.0 Å². The minimum atomic E-state index is -1.00. The van der Waals surface area contributed by atoms with E-state index in [2.05, 4.69) is 15.9 Å². The van der Waals surface area contributed by atoms with Crippen LogP contribution in [0.5, 0.6) is 0 Å². The van der Waals surface area contributed by atoms with E-state index in [-0.39, 0.29) is 6.29 Å². The normalized spacial score (nSPS) is 19.1. The first-order valence-corrected chi connectivity index (χ1v) is 7.74. The molecule has 0 spiro atoms. The topological polar surface area (TPSA) is 35.5 Å². The SMILES string of the molecule is O=S(CCC1OCCCO1)c1ccccc1Br. The summed E-state index contributed by atoms with van der Waals surface area (Å²) in [7, 11) is -1.00. The summed E-state index contributed by atoms with van der Waals surface area (Å²) in [6, 6.07) is 7.59. The monoisotopic (exact) mass is 318 g/mol. The Morgan fingerprint density at radius 3 is 2.71 bits per heavy atom. The van der Waals surface area contributed by atoms with Crippen LogP contribution in [-0.4, -0.2) is 29.5 Å². The molecule has 1 unspecified atom stereocenters. The van der Waals surface area contributed by atoms with E-state index in [1.54, 1.807) is 0 Å². The molecule has 1 heterocycles. The molecule has 1 fully saturated rings. The molecule has 0 N–H and O–H groups in total. The third-order valence-corrected chi connectivity index (χ3v) is 4.92. The highest BCUT2D eigenvalue weighted by Crippen LogP contribution is 2.21. The van der Waals surface area contributed by atoms with Gasteiger partial charge in [-0.25, -0.2) is 0 Å². The molecule has 17 heavy (non-hydrogen) atoms. The van der Waals surface area contributed by atoms with E-state index in [4.69, 9.17) is 9.47 Å². The Kier molecular flexibility index (Phi) is 5.16. The van der Waals surface area contributed by atoms with E-state index in [9.17, 15) is 4.21 Å². The fourth-order valence-corrected chi connectivity index (χ4v) is 3.61. The van der Waals surface area contributed by atoms with Crippen molar-refractivity contribution in [3.63, 3.8) is 0 Å². The van der Waals surface area contributed by atoms with Crippen LogP contribution < -0.4 is 0 Å². The smallest absolute Gasteiger partial charge is 0.158 e. The van der Waals surface area contributed by atoms with E-state index in [0.29, 0.717) is 12.2 Å². The maximum absolute atomic E-state index is 12.1. The van der Waals surface area contributed by atoms with E-state index in [1.165, 1.54) is 0 Å². The van der Waals surface area contributed by atoms with E-state index < -0.39 is 10.8 Å². The van der Waals surface area contributed by atoms with Crippen molar-refractivity contribution in [1.82, 2.24) is 0 Å². The molecular weight excluding hydrogens is 304 g/mol. The largest absolute Gasteiger partial charge is 0.353 e. The summed E-state index contributed by atoms with van der Waals surface area (Å²) in [5.41, 5.74) is 0. The van der Waals surface area contributed by atoms with Crippen molar-refractivity contribution in [2.45, 2.75) is 24.0 Å². The second-order valence-electron chi connectivity index (χ2n) is 3.79. The van der Waals surface area contributed by atoms with Gasteiger partial charge in [-0.2, -0.15) is 0 Å². The van der Waals surface area contributed by atoms with Crippen molar-refractivity contribution < 1.29 is 13.7 Å².